The summed E-state index contributed by atoms with van der Waals surface area (Å²) >= 11 is 0. The van der Waals surface area contributed by atoms with Crippen molar-refractivity contribution in [1.29, 1.82) is 5.26 Å². The molecule has 1 N–H and O–H groups in total. The summed E-state index contributed by atoms with van der Waals surface area (Å²) in [7, 11) is 0. The molecule has 1 aliphatic rings. The summed E-state index contributed by atoms with van der Waals surface area (Å²) < 4.78 is 0. The third-order valence-electron chi connectivity index (χ3n) is 4.22. The Morgan fingerprint density at radius 3 is 2.46 bits per heavy atom. The number of benzene rings is 1. The molecule has 0 atom stereocenters. The van der Waals surface area contributed by atoms with Gasteiger partial charge in [0.25, 0.3) is 5.91 Å². The summed E-state index contributed by atoms with van der Waals surface area (Å²) in [5.41, 5.74) is 0.990. The highest BCUT2D eigenvalue weighted by molar-refractivity contribution is 6.03. The molecular weight excluding hydrogens is 332 g/mol. The molecule has 2 amide bonds. The van der Waals surface area contributed by atoms with Gasteiger partial charge in [-0.1, -0.05) is 12.1 Å². The highest BCUT2D eigenvalue weighted by Crippen LogP contribution is 2.16. The van der Waals surface area contributed by atoms with Crippen molar-refractivity contribution in [1.82, 2.24) is 14.9 Å². The second kappa shape index (κ2) is 7.61. The molecule has 26 heavy (non-hydrogen) atoms. The van der Waals surface area contributed by atoms with Gasteiger partial charge < -0.3 is 15.1 Å². The summed E-state index contributed by atoms with van der Waals surface area (Å²) in [4.78, 5) is 36.0. The van der Waals surface area contributed by atoms with Crippen LogP contribution in [-0.4, -0.2) is 52.9 Å². The number of carbonyl (C=O) groups is 2. The second-order valence-electron chi connectivity index (χ2n) is 5.86. The molecule has 2 aromatic rings. The molecule has 1 fully saturated rings. The average Bonchev–Trinajstić information content (AvgIpc) is 2.68. The Morgan fingerprint density at radius 2 is 1.85 bits per heavy atom. The maximum Gasteiger partial charge on any atom is 0.275 e. The van der Waals surface area contributed by atoms with Crippen LogP contribution in [0.1, 0.15) is 23.0 Å². The van der Waals surface area contributed by atoms with Crippen LogP contribution in [0.2, 0.25) is 0 Å². The topological polar surface area (TPSA) is 102 Å². The number of nitrogens with zero attached hydrogens (tertiary/aromatic N) is 5. The molecule has 0 bridgehead atoms. The van der Waals surface area contributed by atoms with Crippen molar-refractivity contribution in [2.75, 3.05) is 36.4 Å². The van der Waals surface area contributed by atoms with Gasteiger partial charge in [-0.3, -0.25) is 9.59 Å². The van der Waals surface area contributed by atoms with Crippen molar-refractivity contribution in [2.45, 2.75) is 6.92 Å². The number of nitrogens with one attached hydrogen (secondary N) is 1. The van der Waals surface area contributed by atoms with Crippen molar-refractivity contribution in [3.8, 4) is 6.07 Å². The number of piperazine rings is 1. The van der Waals surface area contributed by atoms with Gasteiger partial charge in [0.2, 0.25) is 5.91 Å². The summed E-state index contributed by atoms with van der Waals surface area (Å²) in [5, 5.41) is 11.7. The van der Waals surface area contributed by atoms with Crippen LogP contribution in [0.4, 0.5) is 11.5 Å². The number of rotatable bonds is 3. The van der Waals surface area contributed by atoms with Crippen LogP contribution < -0.4 is 10.2 Å². The maximum absolute atomic E-state index is 12.3. The predicted octanol–water partition coefficient (Wildman–Crippen LogP) is 1.27. The molecule has 8 nitrogen and oxygen atoms in total. The van der Waals surface area contributed by atoms with E-state index in [2.05, 4.69) is 15.3 Å². The first-order chi connectivity index (χ1) is 12.6. The Hall–Kier alpha value is -3.47. The molecule has 1 aromatic heterocycles. The Balaban J connectivity index is 1.65. The second-order valence-corrected chi connectivity index (χ2v) is 5.86. The number of amides is 2. The molecule has 3 rings (SSSR count). The highest BCUT2D eigenvalue weighted by Gasteiger charge is 2.20. The zero-order valence-corrected chi connectivity index (χ0v) is 14.3. The zero-order valence-electron chi connectivity index (χ0n) is 14.3. The molecule has 1 saturated heterocycles. The van der Waals surface area contributed by atoms with Gasteiger partial charge in [0, 0.05) is 33.1 Å². The molecule has 0 unspecified atom stereocenters. The normalized spacial score (nSPS) is 13.8. The summed E-state index contributed by atoms with van der Waals surface area (Å²) in [6.45, 7) is 4.20. The predicted molar refractivity (Wildman–Crippen MR) is 95.6 cm³/mol. The Labute approximate surface area is 151 Å². The Bertz CT molecular complexity index is 851. The molecule has 2 heterocycles. The molecule has 132 valence electrons. The molecule has 0 spiro atoms. The standard InChI is InChI=1S/C18H18N6O2/c1-13(25)23-6-8-24(9-7-23)17-12-20-16(11-21-17)18(26)22-15-5-3-2-4-14(15)10-19/h2-5,11-12H,6-9H2,1H3,(H,22,26). The summed E-state index contributed by atoms with van der Waals surface area (Å²) in [6, 6.07) is 8.79. The third kappa shape index (κ3) is 3.78. The van der Waals surface area contributed by atoms with Crippen LogP contribution in [0.5, 0.6) is 0 Å². The van der Waals surface area contributed by atoms with Crippen molar-refractivity contribution in [3.63, 3.8) is 0 Å². The lowest BCUT2D eigenvalue weighted by molar-refractivity contribution is -0.129. The first-order valence-electron chi connectivity index (χ1n) is 8.21. The van der Waals surface area contributed by atoms with E-state index in [-0.39, 0.29) is 11.6 Å². The van der Waals surface area contributed by atoms with Gasteiger partial charge in [0.1, 0.15) is 17.6 Å². The lowest BCUT2D eigenvalue weighted by Crippen LogP contribution is -2.48. The Kier molecular flexibility index (Phi) is 5.08. The van der Waals surface area contributed by atoms with Crippen LogP contribution in [0.3, 0.4) is 0 Å². The number of anilines is 2. The minimum Gasteiger partial charge on any atom is -0.352 e. The van der Waals surface area contributed by atoms with Crippen LogP contribution in [0, 0.1) is 11.3 Å². The van der Waals surface area contributed by atoms with Crippen LogP contribution in [-0.2, 0) is 4.79 Å². The molecular formula is C18H18N6O2. The van der Waals surface area contributed by atoms with Crippen LogP contribution in [0.15, 0.2) is 36.7 Å². The van der Waals surface area contributed by atoms with Crippen molar-refractivity contribution >= 4 is 23.3 Å². The van der Waals surface area contributed by atoms with E-state index in [1.165, 1.54) is 6.20 Å². The maximum atomic E-state index is 12.3. The van der Waals surface area contributed by atoms with Crippen LogP contribution in [0.25, 0.3) is 0 Å². The minimum atomic E-state index is -0.423. The molecule has 0 saturated carbocycles. The van der Waals surface area contributed by atoms with Crippen molar-refractivity contribution in [3.05, 3.63) is 47.9 Å². The number of aromatic nitrogens is 2. The molecule has 0 radical (unpaired) electrons. The monoisotopic (exact) mass is 350 g/mol. The quantitative estimate of drug-likeness (QED) is 0.894. The third-order valence-corrected chi connectivity index (χ3v) is 4.22. The van der Waals surface area contributed by atoms with Gasteiger partial charge >= 0.3 is 0 Å². The van der Waals surface area contributed by atoms with Gasteiger partial charge in [-0.2, -0.15) is 5.26 Å². The molecule has 1 aromatic carbocycles. The molecule has 8 heteroatoms. The number of hydrogen-bond donors (Lipinski definition) is 1. The smallest absolute Gasteiger partial charge is 0.275 e. The van der Waals surface area contributed by atoms with E-state index in [9.17, 15) is 9.59 Å². The fourth-order valence-corrected chi connectivity index (χ4v) is 2.73. The Morgan fingerprint density at radius 1 is 1.12 bits per heavy atom. The van der Waals surface area contributed by atoms with Gasteiger partial charge in [-0.15, -0.1) is 0 Å². The fraction of sp³-hybridized carbons (Fsp3) is 0.278. The van der Waals surface area contributed by atoms with E-state index >= 15 is 0 Å². The van der Waals surface area contributed by atoms with E-state index in [4.69, 9.17) is 5.26 Å². The first-order valence-corrected chi connectivity index (χ1v) is 8.21. The lowest BCUT2D eigenvalue weighted by Gasteiger charge is -2.34. The van der Waals surface area contributed by atoms with Gasteiger partial charge in [0.05, 0.1) is 23.6 Å². The lowest BCUT2D eigenvalue weighted by atomic mass is 10.2. The van der Waals surface area contributed by atoms with Crippen molar-refractivity contribution < 1.29 is 9.59 Å². The zero-order chi connectivity index (χ0) is 18.5. The first kappa shape index (κ1) is 17.4. The minimum absolute atomic E-state index is 0.0698. The average molecular weight is 350 g/mol. The molecule has 0 aliphatic carbocycles. The van der Waals surface area contributed by atoms with E-state index in [0.29, 0.717) is 43.2 Å². The fourth-order valence-electron chi connectivity index (χ4n) is 2.73. The number of hydrogen-bond acceptors (Lipinski definition) is 6. The molecule has 1 aliphatic heterocycles. The van der Waals surface area contributed by atoms with E-state index < -0.39 is 5.91 Å². The largest absolute Gasteiger partial charge is 0.352 e. The summed E-state index contributed by atoms with van der Waals surface area (Å²) in [6.07, 6.45) is 2.96. The number of nitriles is 1. The SMILES string of the molecule is CC(=O)N1CCN(c2cnc(C(=O)Nc3ccccc3C#N)cn2)CC1. The number of para-hydroxylation sites is 1. The van der Waals surface area contributed by atoms with E-state index in [0.717, 1.165) is 0 Å². The van der Waals surface area contributed by atoms with E-state index in [1.54, 1.807) is 42.3 Å². The van der Waals surface area contributed by atoms with Gasteiger partial charge in [-0.05, 0) is 12.1 Å². The van der Waals surface area contributed by atoms with Crippen LogP contribution >= 0.6 is 0 Å². The highest BCUT2D eigenvalue weighted by atomic mass is 16.2. The number of carbonyl (C=O) groups excluding carboxylic acids is 2. The van der Waals surface area contributed by atoms with E-state index in [1.807, 2.05) is 11.0 Å². The summed E-state index contributed by atoms with van der Waals surface area (Å²) in [5.74, 6) is 0.315. The van der Waals surface area contributed by atoms with Gasteiger partial charge in [-0.25, -0.2) is 9.97 Å². The van der Waals surface area contributed by atoms with Gasteiger partial charge in [0.15, 0.2) is 0 Å². The van der Waals surface area contributed by atoms with Crippen molar-refractivity contribution in [2.24, 2.45) is 0 Å².